The van der Waals surface area contributed by atoms with Gasteiger partial charge in [0.2, 0.25) is 0 Å². The minimum absolute atomic E-state index is 0.394. The van der Waals surface area contributed by atoms with E-state index < -0.39 is 0 Å². The number of hydrogen-bond donors (Lipinski definition) is 1. The van der Waals surface area contributed by atoms with Crippen molar-refractivity contribution >= 4 is 0 Å². The molecule has 2 heterocycles. The number of nitrogens with zero attached hydrogens (tertiary/aromatic N) is 3. The Kier molecular flexibility index (Phi) is 2.61. The van der Waals surface area contributed by atoms with Gasteiger partial charge in [0.25, 0.3) is 0 Å². The second kappa shape index (κ2) is 3.89. The molecule has 71 valence electrons. The quantitative estimate of drug-likeness (QED) is 0.714. The Bertz CT molecular complexity index is 238. The van der Waals surface area contributed by atoms with E-state index in [1.165, 1.54) is 0 Å². The molecule has 1 N–H and O–H groups in total. The summed E-state index contributed by atoms with van der Waals surface area (Å²) in [6.45, 7) is 6.23. The van der Waals surface area contributed by atoms with E-state index in [0.717, 1.165) is 32.0 Å². The van der Waals surface area contributed by atoms with Gasteiger partial charge < -0.3 is 4.98 Å². The molecule has 1 radical (unpaired) electrons. The normalized spacial score (nSPS) is 21.6. The van der Waals surface area contributed by atoms with E-state index >= 15 is 0 Å². The summed E-state index contributed by atoms with van der Waals surface area (Å²) in [6.07, 6.45) is 3.68. The molecule has 0 saturated carbocycles. The topological polar surface area (TPSA) is 46.0 Å². The van der Waals surface area contributed by atoms with Crippen molar-refractivity contribution in [1.82, 2.24) is 20.2 Å². The van der Waals surface area contributed by atoms with Crippen LogP contribution in [-0.2, 0) is 0 Å². The van der Waals surface area contributed by atoms with Crippen LogP contribution in [0.25, 0.3) is 0 Å². The summed E-state index contributed by atoms with van der Waals surface area (Å²) < 4.78 is 0. The first-order valence-electron chi connectivity index (χ1n) is 4.74. The van der Waals surface area contributed by atoms with Gasteiger partial charge in [-0.25, -0.2) is 10.3 Å². The zero-order valence-electron chi connectivity index (χ0n) is 7.90. The molecule has 2 rings (SSSR count). The molecule has 0 amide bonds. The molecule has 1 atom stereocenters. The number of aromatic nitrogens is 2. The van der Waals surface area contributed by atoms with Gasteiger partial charge in [-0.05, 0) is 6.92 Å². The minimum atomic E-state index is 0.394. The SMILES string of the molecule is CC(c1ncc[nH]1)N1CC[N]CC1. The van der Waals surface area contributed by atoms with E-state index in [2.05, 4.69) is 27.1 Å². The van der Waals surface area contributed by atoms with E-state index in [1.54, 1.807) is 6.20 Å². The van der Waals surface area contributed by atoms with Gasteiger partial charge >= 0.3 is 0 Å². The molecule has 1 aliphatic rings. The Morgan fingerprint density at radius 2 is 2.23 bits per heavy atom. The lowest BCUT2D eigenvalue weighted by Gasteiger charge is -2.30. The van der Waals surface area contributed by atoms with Crippen LogP contribution in [0.4, 0.5) is 0 Å². The highest BCUT2D eigenvalue weighted by atomic mass is 15.2. The summed E-state index contributed by atoms with van der Waals surface area (Å²) in [5, 5.41) is 4.32. The molecule has 1 aliphatic heterocycles. The number of H-pyrrole nitrogens is 1. The first-order chi connectivity index (χ1) is 6.38. The zero-order chi connectivity index (χ0) is 9.10. The van der Waals surface area contributed by atoms with Crippen LogP contribution in [0.1, 0.15) is 18.8 Å². The number of aromatic amines is 1. The van der Waals surface area contributed by atoms with Crippen molar-refractivity contribution in [2.45, 2.75) is 13.0 Å². The molecule has 0 bridgehead atoms. The summed E-state index contributed by atoms with van der Waals surface area (Å²) in [6, 6.07) is 0.394. The Morgan fingerprint density at radius 3 is 2.85 bits per heavy atom. The molecular weight excluding hydrogens is 164 g/mol. The summed E-state index contributed by atoms with van der Waals surface area (Å²) in [5.74, 6) is 1.06. The first kappa shape index (κ1) is 8.72. The maximum absolute atomic E-state index is 4.32. The van der Waals surface area contributed by atoms with E-state index in [0.29, 0.717) is 6.04 Å². The lowest BCUT2D eigenvalue weighted by Crippen LogP contribution is -2.41. The van der Waals surface area contributed by atoms with Crippen molar-refractivity contribution in [3.05, 3.63) is 18.2 Å². The van der Waals surface area contributed by atoms with E-state index in [1.807, 2.05) is 6.20 Å². The molecular formula is C9H15N4. The molecule has 4 nitrogen and oxygen atoms in total. The predicted octanol–water partition coefficient (Wildman–Crippen LogP) is 0.391. The first-order valence-corrected chi connectivity index (χ1v) is 4.74. The number of imidazole rings is 1. The second-order valence-corrected chi connectivity index (χ2v) is 3.36. The third kappa shape index (κ3) is 1.89. The van der Waals surface area contributed by atoms with Gasteiger partial charge in [0, 0.05) is 38.6 Å². The minimum Gasteiger partial charge on any atom is -0.347 e. The Hall–Kier alpha value is -0.870. The van der Waals surface area contributed by atoms with Crippen LogP contribution in [0.5, 0.6) is 0 Å². The van der Waals surface area contributed by atoms with Gasteiger partial charge in [0.05, 0.1) is 6.04 Å². The predicted molar refractivity (Wildman–Crippen MR) is 50.4 cm³/mol. The van der Waals surface area contributed by atoms with Crippen molar-refractivity contribution in [3.63, 3.8) is 0 Å². The van der Waals surface area contributed by atoms with Crippen LogP contribution in [0.15, 0.2) is 12.4 Å². The fourth-order valence-corrected chi connectivity index (χ4v) is 1.69. The van der Waals surface area contributed by atoms with Crippen LogP contribution in [0.2, 0.25) is 0 Å². The van der Waals surface area contributed by atoms with Crippen LogP contribution in [-0.4, -0.2) is 41.0 Å². The molecule has 1 aromatic rings. The van der Waals surface area contributed by atoms with Gasteiger partial charge in [-0.2, -0.15) is 0 Å². The number of nitrogens with one attached hydrogen (secondary N) is 1. The molecule has 1 aromatic heterocycles. The van der Waals surface area contributed by atoms with Gasteiger partial charge in [0.15, 0.2) is 0 Å². The van der Waals surface area contributed by atoms with Gasteiger partial charge in [0.1, 0.15) is 5.82 Å². The van der Waals surface area contributed by atoms with E-state index in [-0.39, 0.29) is 0 Å². The van der Waals surface area contributed by atoms with Crippen LogP contribution < -0.4 is 5.32 Å². The standard InChI is InChI=1S/C9H15N4/c1-8(9-11-2-3-12-9)13-6-4-10-5-7-13/h2-3,8H,4-7H2,1H3,(H,11,12). The molecule has 1 fully saturated rings. The molecule has 0 aliphatic carbocycles. The molecule has 1 saturated heterocycles. The Labute approximate surface area is 78.4 Å². The van der Waals surface area contributed by atoms with Crippen molar-refractivity contribution in [1.29, 1.82) is 0 Å². The monoisotopic (exact) mass is 179 g/mol. The van der Waals surface area contributed by atoms with Crippen molar-refractivity contribution in [2.24, 2.45) is 0 Å². The number of hydrogen-bond acceptors (Lipinski definition) is 2. The maximum atomic E-state index is 4.32. The van der Waals surface area contributed by atoms with E-state index in [4.69, 9.17) is 0 Å². The third-order valence-electron chi connectivity index (χ3n) is 2.55. The summed E-state index contributed by atoms with van der Waals surface area (Å²) in [7, 11) is 0. The average molecular weight is 179 g/mol. The number of piperazine rings is 1. The lowest BCUT2D eigenvalue weighted by atomic mass is 10.2. The zero-order valence-corrected chi connectivity index (χ0v) is 7.90. The number of rotatable bonds is 2. The average Bonchev–Trinajstić information content (AvgIpc) is 2.71. The highest BCUT2D eigenvalue weighted by molar-refractivity contribution is 4.95. The van der Waals surface area contributed by atoms with Gasteiger partial charge in [-0.15, -0.1) is 0 Å². The highest BCUT2D eigenvalue weighted by Gasteiger charge is 2.19. The van der Waals surface area contributed by atoms with Crippen LogP contribution in [0.3, 0.4) is 0 Å². The molecule has 4 heteroatoms. The molecule has 0 aromatic carbocycles. The summed E-state index contributed by atoms with van der Waals surface area (Å²) in [5.41, 5.74) is 0. The van der Waals surface area contributed by atoms with Crippen molar-refractivity contribution in [3.8, 4) is 0 Å². The van der Waals surface area contributed by atoms with Crippen molar-refractivity contribution in [2.75, 3.05) is 26.2 Å². The smallest absolute Gasteiger partial charge is 0.123 e. The van der Waals surface area contributed by atoms with Crippen molar-refractivity contribution < 1.29 is 0 Å². The fraction of sp³-hybridized carbons (Fsp3) is 0.667. The van der Waals surface area contributed by atoms with E-state index in [9.17, 15) is 0 Å². The maximum Gasteiger partial charge on any atom is 0.123 e. The van der Waals surface area contributed by atoms with Gasteiger partial charge in [-0.1, -0.05) is 0 Å². The Morgan fingerprint density at radius 1 is 1.46 bits per heavy atom. The third-order valence-corrected chi connectivity index (χ3v) is 2.55. The van der Waals surface area contributed by atoms with Gasteiger partial charge in [-0.3, -0.25) is 4.90 Å². The van der Waals surface area contributed by atoms with Crippen LogP contribution >= 0.6 is 0 Å². The van der Waals surface area contributed by atoms with Crippen LogP contribution in [0, 0.1) is 0 Å². The second-order valence-electron chi connectivity index (χ2n) is 3.36. The fourth-order valence-electron chi connectivity index (χ4n) is 1.69. The molecule has 1 unspecified atom stereocenters. The largest absolute Gasteiger partial charge is 0.347 e. The molecule has 13 heavy (non-hydrogen) atoms. The highest BCUT2D eigenvalue weighted by Crippen LogP contribution is 2.15. The molecule has 0 spiro atoms. The summed E-state index contributed by atoms with van der Waals surface area (Å²) in [4.78, 5) is 9.82. The Balaban J connectivity index is 1.99. The lowest BCUT2D eigenvalue weighted by molar-refractivity contribution is 0.178. The summed E-state index contributed by atoms with van der Waals surface area (Å²) >= 11 is 0.